The van der Waals surface area contributed by atoms with Crippen LogP contribution >= 0.6 is 46.4 Å². The minimum Gasteiger partial charge on any atom is -0.481 e. The standard InChI is InChI=1S/C12H7Cl4N3O2/c1-21-6-3-2-5(4-17-6)18-12(20)10-8(14)7(13)9(15)11(16)19-10/h2-4H,1H3,(H,18,20). The lowest BCUT2D eigenvalue weighted by Gasteiger charge is -2.09. The van der Waals surface area contributed by atoms with Gasteiger partial charge in [-0.05, 0) is 6.07 Å². The highest BCUT2D eigenvalue weighted by Crippen LogP contribution is 2.36. The molecule has 0 saturated carbocycles. The molecule has 1 amide bonds. The number of anilines is 1. The molecule has 5 nitrogen and oxygen atoms in total. The second-order valence-electron chi connectivity index (χ2n) is 3.74. The van der Waals surface area contributed by atoms with Crippen LogP contribution in [0.4, 0.5) is 5.69 Å². The lowest BCUT2D eigenvalue weighted by Crippen LogP contribution is -2.15. The first-order valence-corrected chi connectivity index (χ1v) is 6.96. The third kappa shape index (κ3) is 3.49. The molecule has 2 aromatic rings. The van der Waals surface area contributed by atoms with Gasteiger partial charge in [-0.15, -0.1) is 0 Å². The monoisotopic (exact) mass is 365 g/mol. The van der Waals surface area contributed by atoms with Gasteiger partial charge in [-0.2, -0.15) is 0 Å². The molecule has 0 aliphatic heterocycles. The van der Waals surface area contributed by atoms with E-state index in [-0.39, 0.29) is 25.9 Å². The van der Waals surface area contributed by atoms with Gasteiger partial charge in [-0.3, -0.25) is 4.79 Å². The van der Waals surface area contributed by atoms with Crippen molar-refractivity contribution in [3.05, 3.63) is 44.2 Å². The number of methoxy groups -OCH3 is 1. The molecule has 0 atom stereocenters. The van der Waals surface area contributed by atoms with Gasteiger partial charge in [0.15, 0.2) is 0 Å². The number of carbonyl (C=O) groups excluding carboxylic acids is 1. The molecule has 0 aliphatic carbocycles. The van der Waals surface area contributed by atoms with Crippen LogP contribution in [0.2, 0.25) is 20.2 Å². The van der Waals surface area contributed by atoms with Crippen molar-refractivity contribution in [2.75, 3.05) is 12.4 Å². The van der Waals surface area contributed by atoms with Gasteiger partial charge >= 0.3 is 0 Å². The molecule has 0 spiro atoms. The van der Waals surface area contributed by atoms with E-state index >= 15 is 0 Å². The maximum atomic E-state index is 12.1. The van der Waals surface area contributed by atoms with E-state index in [4.69, 9.17) is 51.1 Å². The van der Waals surface area contributed by atoms with E-state index in [2.05, 4.69) is 15.3 Å². The van der Waals surface area contributed by atoms with Crippen LogP contribution in [0.1, 0.15) is 10.5 Å². The highest BCUT2D eigenvalue weighted by molar-refractivity contribution is 6.52. The highest BCUT2D eigenvalue weighted by Gasteiger charge is 2.20. The van der Waals surface area contributed by atoms with E-state index in [9.17, 15) is 4.79 Å². The first-order chi connectivity index (χ1) is 9.93. The van der Waals surface area contributed by atoms with Crippen LogP contribution in [-0.2, 0) is 0 Å². The number of aromatic nitrogens is 2. The Kier molecular flexibility index (Phi) is 5.11. The van der Waals surface area contributed by atoms with Crippen LogP contribution < -0.4 is 10.1 Å². The topological polar surface area (TPSA) is 64.1 Å². The number of hydrogen-bond acceptors (Lipinski definition) is 4. The molecule has 110 valence electrons. The fourth-order valence-electron chi connectivity index (χ4n) is 1.40. The van der Waals surface area contributed by atoms with Gasteiger partial charge in [0, 0.05) is 6.07 Å². The number of pyridine rings is 2. The van der Waals surface area contributed by atoms with E-state index in [0.29, 0.717) is 11.6 Å². The van der Waals surface area contributed by atoms with E-state index in [1.54, 1.807) is 12.1 Å². The Labute approximate surface area is 140 Å². The molecule has 0 aliphatic rings. The lowest BCUT2D eigenvalue weighted by atomic mass is 10.3. The number of nitrogens with one attached hydrogen (secondary N) is 1. The molecule has 21 heavy (non-hydrogen) atoms. The number of nitrogens with zero attached hydrogens (tertiary/aromatic N) is 2. The van der Waals surface area contributed by atoms with Gasteiger partial charge in [0.2, 0.25) is 5.88 Å². The molecular formula is C12H7Cl4N3O2. The van der Waals surface area contributed by atoms with Crippen molar-refractivity contribution in [1.82, 2.24) is 9.97 Å². The van der Waals surface area contributed by atoms with Crippen LogP contribution in [-0.4, -0.2) is 23.0 Å². The zero-order valence-corrected chi connectivity index (χ0v) is 13.5. The summed E-state index contributed by atoms with van der Waals surface area (Å²) in [6, 6.07) is 3.20. The molecule has 2 heterocycles. The fourth-order valence-corrected chi connectivity index (χ4v) is 2.22. The second kappa shape index (κ2) is 6.66. The average Bonchev–Trinajstić information content (AvgIpc) is 2.49. The van der Waals surface area contributed by atoms with E-state index in [1.807, 2.05) is 0 Å². The summed E-state index contributed by atoms with van der Waals surface area (Å²) >= 11 is 23.4. The quantitative estimate of drug-likeness (QED) is 0.820. The van der Waals surface area contributed by atoms with Crippen molar-refractivity contribution in [2.24, 2.45) is 0 Å². The summed E-state index contributed by atoms with van der Waals surface area (Å²) < 4.78 is 4.92. The SMILES string of the molecule is COc1ccc(NC(=O)c2nc(Cl)c(Cl)c(Cl)c2Cl)cn1. The van der Waals surface area contributed by atoms with Crippen LogP contribution in [0.25, 0.3) is 0 Å². The first-order valence-electron chi connectivity index (χ1n) is 5.45. The van der Waals surface area contributed by atoms with Crippen molar-refractivity contribution < 1.29 is 9.53 Å². The lowest BCUT2D eigenvalue weighted by molar-refractivity contribution is 0.102. The summed E-state index contributed by atoms with van der Waals surface area (Å²) in [6.07, 6.45) is 1.42. The van der Waals surface area contributed by atoms with E-state index in [0.717, 1.165) is 0 Å². The predicted octanol–water partition coefficient (Wildman–Crippen LogP) is 4.35. The molecule has 1 N–H and O–H groups in total. The summed E-state index contributed by atoms with van der Waals surface area (Å²) in [6.45, 7) is 0. The highest BCUT2D eigenvalue weighted by atomic mass is 35.5. The van der Waals surface area contributed by atoms with Crippen LogP contribution in [0.15, 0.2) is 18.3 Å². The zero-order valence-electron chi connectivity index (χ0n) is 10.5. The molecule has 0 fully saturated rings. The second-order valence-corrected chi connectivity index (χ2v) is 5.23. The van der Waals surface area contributed by atoms with E-state index < -0.39 is 5.91 Å². The van der Waals surface area contributed by atoms with E-state index in [1.165, 1.54) is 13.3 Å². The Morgan fingerprint density at radius 3 is 2.43 bits per heavy atom. The molecule has 2 aromatic heterocycles. The minimum atomic E-state index is -0.590. The molecule has 0 saturated heterocycles. The van der Waals surface area contributed by atoms with Gasteiger partial charge in [0.25, 0.3) is 5.91 Å². The van der Waals surface area contributed by atoms with Gasteiger partial charge in [0.1, 0.15) is 10.8 Å². The summed E-state index contributed by atoms with van der Waals surface area (Å²) in [5.74, 6) is -0.172. The Morgan fingerprint density at radius 1 is 1.14 bits per heavy atom. The first kappa shape index (κ1) is 16.1. The maximum absolute atomic E-state index is 12.1. The summed E-state index contributed by atoms with van der Waals surface area (Å²) in [4.78, 5) is 19.9. The normalized spacial score (nSPS) is 10.3. The van der Waals surface area contributed by atoms with Crippen molar-refractivity contribution in [3.8, 4) is 5.88 Å². The van der Waals surface area contributed by atoms with Crippen molar-refractivity contribution >= 4 is 58.0 Å². The van der Waals surface area contributed by atoms with Crippen LogP contribution in [0.5, 0.6) is 5.88 Å². The van der Waals surface area contributed by atoms with Gasteiger partial charge in [-0.1, -0.05) is 46.4 Å². The largest absolute Gasteiger partial charge is 0.481 e. The van der Waals surface area contributed by atoms with Crippen molar-refractivity contribution in [2.45, 2.75) is 0 Å². The third-order valence-electron chi connectivity index (χ3n) is 2.40. The molecule has 0 unspecified atom stereocenters. The van der Waals surface area contributed by atoms with Gasteiger partial charge in [-0.25, -0.2) is 9.97 Å². The zero-order chi connectivity index (χ0) is 15.6. The fraction of sp³-hybridized carbons (Fsp3) is 0.0833. The predicted molar refractivity (Wildman–Crippen MR) is 83.0 cm³/mol. The maximum Gasteiger partial charge on any atom is 0.275 e. The number of amides is 1. The van der Waals surface area contributed by atoms with Gasteiger partial charge < -0.3 is 10.1 Å². The Bertz CT molecular complexity index is 692. The molecular weight excluding hydrogens is 360 g/mol. The number of hydrogen-bond donors (Lipinski definition) is 1. The van der Waals surface area contributed by atoms with Crippen LogP contribution in [0, 0.1) is 0 Å². The Hall–Kier alpha value is -1.27. The Balaban J connectivity index is 2.28. The number of halogens is 4. The minimum absolute atomic E-state index is 0.00834. The average molecular weight is 367 g/mol. The molecule has 0 bridgehead atoms. The van der Waals surface area contributed by atoms with Crippen molar-refractivity contribution in [1.29, 1.82) is 0 Å². The van der Waals surface area contributed by atoms with Crippen molar-refractivity contribution in [3.63, 3.8) is 0 Å². The number of carbonyl (C=O) groups is 1. The molecule has 2 rings (SSSR count). The van der Waals surface area contributed by atoms with Gasteiger partial charge in [0.05, 0.1) is 34.1 Å². The summed E-state index contributed by atoms with van der Waals surface area (Å²) in [5, 5.41) is 2.33. The number of ether oxygens (including phenoxy) is 1. The summed E-state index contributed by atoms with van der Waals surface area (Å²) in [7, 11) is 1.49. The molecule has 0 radical (unpaired) electrons. The third-order valence-corrected chi connectivity index (χ3v) is 4.08. The summed E-state index contributed by atoms with van der Waals surface area (Å²) in [5.41, 5.74) is 0.299. The Morgan fingerprint density at radius 2 is 1.86 bits per heavy atom. The molecule has 9 heteroatoms. The van der Waals surface area contributed by atoms with Crippen LogP contribution in [0.3, 0.4) is 0 Å². The number of rotatable bonds is 3. The molecule has 0 aromatic carbocycles. The smallest absolute Gasteiger partial charge is 0.275 e.